The number of nitrogens with zero attached hydrogens (tertiary/aromatic N) is 1. The second kappa shape index (κ2) is 3.75. The van der Waals surface area contributed by atoms with Crippen molar-refractivity contribution in [2.75, 3.05) is 6.54 Å². The molecule has 19 heavy (non-hydrogen) atoms. The molecule has 3 aliphatic carbocycles. The Morgan fingerprint density at radius 3 is 2.42 bits per heavy atom. The number of hydrogen-bond acceptors (Lipinski definition) is 2. The molecule has 2 unspecified atom stereocenters. The third-order valence-corrected chi connectivity index (χ3v) is 6.16. The number of nitrogens with one attached hydrogen (secondary N) is 1. The van der Waals surface area contributed by atoms with Gasteiger partial charge >= 0.3 is 0 Å². The Morgan fingerprint density at radius 1 is 1.26 bits per heavy atom. The van der Waals surface area contributed by atoms with Crippen LogP contribution >= 0.6 is 0 Å². The summed E-state index contributed by atoms with van der Waals surface area (Å²) in [7, 11) is 0. The van der Waals surface area contributed by atoms with Gasteiger partial charge in [0.1, 0.15) is 0 Å². The first-order valence-electron chi connectivity index (χ1n) is 8.11. The van der Waals surface area contributed by atoms with Crippen molar-refractivity contribution in [2.24, 2.45) is 17.3 Å². The van der Waals surface area contributed by atoms with Crippen molar-refractivity contribution in [1.29, 1.82) is 0 Å². The number of rotatable bonds is 3. The Bertz CT molecular complexity index is 407. The summed E-state index contributed by atoms with van der Waals surface area (Å²) in [5.74, 6) is 1.87. The van der Waals surface area contributed by atoms with Crippen molar-refractivity contribution >= 4 is 5.91 Å². The molecule has 4 rings (SSSR count). The van der Waals surface area contributed by atoms with Crippen LogP contribution in [-0.2, 0) is 4.79 Å². The van der Waals surface area contributed by atoms with Crippen LogP contribution in [0.4, 0.5) is 0 Å². The average Bonchev–Trinajstić information content (AvgIpc) is 3.12. The standard InChI is InChI=1S/C16H26N2O/c1-15(2)9-12(15)10-18-13(11-5-3-4-6-11)17-16(7-8-16)14(18)19/h11-13,17H,3-10H2,1-2H3. The maximum Gasteiger partial charge on any atom is 0.244 e. The zero-order chi connectivity index (χ0) is 13.3. The zero-order valence-electron chi connectivity index (χ0n) is 12.2. The highest BCUT2D eigenvalue weighted by atomic mass is 16.2. The Kier molecular flexibility index (Phi) is 2.41. The summed E-state index contributed by atoms with van der Waals surface area (Å²) in [6.07, 6.45) is 9.12. The fraction of sp³-hybridized carbons (Fsp3) is 0.938. The fourth-order valence-corrected chi connectivity index (χ4v) is 4.27. The number of hydrogen-bond donors (Lipinski definition) is 1. The van der Waals surface area contributed by atoms with E-state index in [4.69, 9.17) is 0 Å². The average molecular weight is 262 g/mol. The van der Waals surface area contributed by atoms with Crippen LogP contribution in [0.25, 0.3) is 0 Å². The largest absolute Gasteiger partial charge is 0.325 e. The van der Waals surface area contributed by atoms with E-state index in [-0.39, 0.29) is 5.54 Å². The van der Waals surface area contributed by atoms with Gasteiger partial charge in [0.2, 0.25) is 5.91 Å². The SMILES string of the molecule is CC1(C)CC1CN1C(=O)C2(CC2)NC1C1CCCC1. The minimum Gasteiger partial charge on any atom is -0.325 e. The topological polar surface area (TPSA) is 32.3 Å². The molecule has 4 aliphatic rings. The van der Waals surface area contributed by atoms with Gasteiger partial charge in [0.05, 0.1) is 11.7 Å². The Hall–Kier alpha value is -0.570. The third-order valence-electron chi connectivity index (χ3n) is 6.16. The molecule has 0 radical (unpaired) electrons. The lowest BCUT2D eigenvalue weighted by Crippen LogP contribution is -2.43. The molecule has 2 atom stereocenters. The van der Waals surface area contributed by atoms with Crippen molar-refractivity contribution in [2.45, 2.75) is 70.5 Å². The van der Waals surface area contributed by atoms with E-state index in [9.17, 15) is 4.79 Å². The van der Waals surface area contributed by atoms with Gasteiger partial charge in [-0.15, -0.1) is 0 Å². The van der Waals surface area contributed by atoms with E-state index in [0.29, 0.717) is 23.4 Å². The zero-order valence-corrected chi connectivity index (χ0v) is 12.2. The summed E-state index contributed by atoms with van der Waals surface area (Å²) in [4.78, 5) is 14.9. The van der Waals surface area contributed by atoms with Gasteiger partial charge in [0.25, 0.3) is 0 Å². The van der Waals surface area contributed by atoms with E-state index in [1.165, 1.54) is 32.1 Å². The van der Waals surface area contributed by atoms with Gasteiger partial charge in [-0.05, 0) is 49.4 Å². The van der Waals surface area contributed by atoms with Crippen LogP contribution in [0.5, 0.6) is 0 Å². The molecule has 106 valence electrons. The highest BCUT2D eigenvalue weighted by Gasteiger charge is 2.61. The molecule has 1 saturated heterocycles. The monoisotopic (exact) mass is 262 g/mol. The summed E-state index contributed by atoms with van der Waals surface area (Å²) >= 11 is 0. The second-order valence-electron chi connectivity index (χ2n) is 8.06. The molecule has 1 aliphatic heterocycles. The minimum absolute atomic E-state index is 0.119. The Labute approximate surface area is 116 Å². The van der Waals surface area contributed by atoms with Gasteiger partial charge in [0.15, 0.2) is 0 Å². The van der Waals surface area contributed by atoms with Crippen LogP contribution in [0.2, 0.25) is 0 Å². The molecule has 0 aromatic heterocycles. The van der Waals surface area contributed by atoms with Gasteiger partial charge < -0.3 is 4.90 Å². The molecule has 1 N–H and O–H groups in total. The summed E-state index contributed by atoms with van der Waals surface area (Å²) in [5, 5.41) is 3.72. The molecule has 4 fully saturated rings. The van der Waals surface area contributed by atoms with Gasteiger partial charge in [0, 0.05) is 6.54 Å². The molecule has 3 saturated carbocycles. The van der Waals surface area contributed by atoms with Gasteiger partial charge in [-0.1, -0.05) is 26.7 Å². The fourth-order valence-electron chi connectivity index (χ4n) is 4.27. The minimum atomic E-state index is -0.119. The van der Waals surface area contributed by atoms with Gasteiger partial charge in [-0.3, -0.25) is 10.1 Å². The lowest BCUT2D eigenvalue weighted by Gasteiger charge is -2.29. The number of carbonyl (C=O) groups is 1. The number of amides is 1. The maximum atomic E-state index is 12.7. The van der Waals surface area contributed by atoms with E-state index < -0.39 is 0 Å². The molecule has 3 heteroatoms. The highest BCUT2D eigenvalue weighted by molar-refractivity contribution is 5.91. The summed E-state index contributed by atoms with van der Waals surface area (Å²) < 4.78 is 0. The molecular weight excluding hydrogens is 236 g/mol. The van der Waals surface area contributed by atoms with Crippen molar-refractivity contribution in [1.82, 2.24) is 10.2 Å². The molecule has 0 aromatic carbocycles. The molecule has 3 nitrogen and oxygen atoms in total. The molecule has 1 amide bonds. The van der Waals surface area contributed by atoms with E-state index in [2.05, 4.69) is 24.1 Å². The van der Waals surface area contributed by atoms with E-state index in [0.717, 1.165) is 25.3 Å². The molecule has 1 heterocycles. The van der Waals surface area contributed by atoms with Crippen LogP contribution in [-0.4, -0.2) is 29.1 Å². The Morgan fingerprint density at radius 2 is 1.89 bits per heavy atom. The van der Waals surface area contributed by atoms with Crippen LogP contribution in [0.15, 0.2) is 0 Å². The Balaban J connectivity index is 1.52. The predicted octanol–water partition coefficient (Wildman–Crippen LogP) is 2.51. The van der Waals surface area contributed by atoms with Crippen molar-refractivity contribution in [3.05, 3.63) is 0 Å². The first kappa shape index (κ1) is 12.2. The first-order chi connectivity index (χ1) is 9.02. The normalized spacial score (nSPS) is 39.3. The number of carbonyl (C=O) groups excluding carboxylic acids is 1. The second-order valence-corrected chi connectivity index (χ2v) is 8.06. The van der Waals surface area contributed by atoms with E-state index in [1.807, 2.05) is 0 Å². The summed E-state index contributed by atoms with van der Waals surface area (Å²) in [6, 6.07) is 0. The smallest absolute Gasteiger partial charge is 0.244 e. The van der Waals surface area contributed by atoms with Crippen molar-refractivity contribution in [3.8, 4) is 0 Å². The first-order valence-corrected chi connectivity index (χ1v) is 8.11. The van der Waals surface area contributed by atoms with Gasteiger partial charge in [-0.2, -0.15) is 0 Å². The lowest BCUT2D eigenvalue weighted by molar-refractivity contribution is -0.131. The molecule has 0 bridgehead atoms. The van der Waals surface area contributed by atoms with Crippen molar-refractivity contribution < 1.29 is 4.79 Å². The molecule has 1 spiro atoms. The predicted molar refractivity (Wildman–Crippen MR) is 74.4 cm³/mol. The van der Waals surface area contributed by atoms with Crippen molar-refractivity contribution in [3.63, 3.8) is 0 Å². The van der Waals surface area contributed by atoms with Crippen LogP contribution in [0.1, 0.15) is 58.8 Å². The molecular formula is C16H26N2O. The van der Waals surface area contributed by atoms with Crippen LogP contribution in [0.3, 0.4) is 0 Å². The third kappa shape index (κ3) is 1.84. The van der Waals surface area contributed by atoms with Crippen LogP contribution < -0.4 is 5.32 Å². The van der Waals surface area contributed by atoms with E-state index in [1.54, 1.807) is 0 Å². The quantitative estimate of drug-likeness (QED) is 0.847. The molecule has 0 aromatic rings. The maximum absolute atomic E-state index is 12.7. The lowest BCUT2D eigenvalue weighted by atomic mass is 10.0. The van der Waals surface area contributed by atoms with Gasteiger partial charge in [-0.25, -0.2) is 0 Å². The summed E-state index contributed by atoms with van der Waals surface area (Å²) in [5.41, 5.74) is 0.353. The summed E-state index contributed by atoms with van der Waals surface area (Å²) in [6.45, 7) is 5.67. The highest BCUT2D eigenvalue weighted by Crippen LogP contribution is 2.54. The van der Waals surface area contributed by atoms with E-state index >= 15 is 0 Å². The van der Waals surface area contributed by atoms with Crippen LogP contribution in [0, 0.1) is 17.3 Å².